The van der Waals surface area contributed by atoms with Crippen LogP contribution in [0.15, 0.2) is 16.5 Å². The van der Waals surface area contributed by atoms with E-state index in [9.17, 15) is 4.79 Å². The summed E-state index contributed by atoms with van der Waals surface area (Å²) < 4.78 is 5.21. The molecule has 1 aliphatic rings. The Kier molecular flexibility index (Phi) is 2.48. The molecule has 2 unspecified atom stereocenters. The third-order valence-corrected chi connectivity index (χ3v) is 2.59. The SMILES string of the molecule is O=C(O)C1CCC(c2ccc(Cl)o2)N1. The maximum absolute atomic E-state index is 10.7. The van der Waals surface area contributed by atoms with E-state index in [1.165, 1.54) is 0 Å². The van der Waals surface area contributed by atoms with Crippen LogP contribution in [0, 0.1) is 0 Å². The van der Waals surface area contributed by atoms with Gasteiger partial charge in [-0.1, -0.05) is 0 Å². The molecule has 14 heavy (non-hydrogen) atoms. The molecule has 0 saturated carbocycles. The Morgan fingerprint density at radius 3 is 2.86 bits per heavy atom. The van der Waals surface area contributed by atoms with Gasteiger partial charge in [-0.05, 0) is 36.6 Å². The second kappa shape index (κ2) is 3.63. The second-order valence-electron chi connectivity index (χ2n) is 3.33. The minimum atomic E-state index is -0.815. The van der Waals surface area contributed by atoms with E-state index in [1.807, 2.05) is 0 Å². The van der Waals surface area contributed by atoms with E-state index >= 15 is 0 Å². The van der Waals surface area contributed by atoms with Crippen LogP contribution in [0.5, 0.6) is 0 Å². The maximum Gasteiger partial charge on any atom is 0.320 e. The van der Waals surface area contributed by atoms with Crippen molar-refractivity contribution in [1.29, 1.82) is 0 Å². The van der Waals surface area contributed by atoms with Gasteiger partial charge in [-0.3, -0.25) is 10.1 Å². The zero-order valence-electron chi connectivity index (χ0n) is 7.37. The number of hydrogen-bond acceptors (Lipinski definition) is 3. The molecule has 2 atom stereocenters. The number of carboxylic acid groups (broad SMARTS) is 1. The summed E-state index contributed by atoms with van der Waals surface area (Å²) >= 11 is 5.63. The predicted molar refractivity (Wildman–Crippen MR) is 50.3 cm³/mol. The molecule has 0 spiro atoms. The highest BCUT2D eigenvalue weighted by atomic mass is 35.5. The summed E-state index contributed by atoms with van der Waals surface area (Å²) in [6.07, 6.45) is 1.39. The Labute approximate surface area is 85.9 Å². The molecular formula is C9H10ClNO3. The van der Waals surface area contributed by atoms with Gasteiger partial charge in [0.15, 0.2) is 5.22 Å². The molecule has 2 rings (SSSR count). The summed E-state index contributed by atoms with van der Waals surface area (Å²) in [4.78, 5) is 10.7. The van der Waals surface area contributed by atoms with Crippen molar-refractivity contribution in [3.63, 3.8) is 0 Å². The fraction of sp³-hybridized carbons (Fsp3) is 0.444. The van der Waals surface area contributed by atoms with Crippen molar-refractivity contribution in [3.05, 3.63) is 23.1 Å². The smallest absolute Gasteiger partial charge is 0.320 e. The molecule has 0 bridgehead atoms. The number of halogens is 1. The van der Waals surface area contributed by atoms with Gasteiger partial charge >= 0.3 is 5.97 Å². The molecule has 1 fully saturated rings. The average Bonchev–Trinajstić information content (AvgIpc) is 2.70. The van der Waals surface area contributed by atoms with Gasteiger partial charge in [-0.2, -0.15) is 0 Å². The van der Waals surface area contributed by atoms with Crippen molar-refractivity contribution in [3.8, 4) is 0 Å². The van der Waals surface area contributed by atoms with Crippen LogP contribution in [0.1, 0.15) is 24.6 Å². The summed E-state index contributed by atoms with van der Waals surface area (Å²) in [6.45, 7) is 0. The van der Waals surface area contributed by atoms with Gasteiger partial charge < -0.3 is 9.52 Å². The van der Waals surface area contributed by atoms with Crippen molar-refractivity contribution in [2.24, 2.45) is 0 Å². The normalized spacial score (nSPS) is 26.6. The molecule has 1 aliphatic heterocycles. The molecule has 1 saturated heterocycles. The Morgan fingerprint density at radius 2 is 2.36 bits per heavy atom. The first kappa shape index (κ1) is 9.55. The fourth-order valence-electron chi connectivity index (χ4n) is 1.68. The van der Waals surface area contributed by atoms with Gasteiger partial charge in [0.05, 0.1) is 6.04 Å². The summed E-state index contributed by atoms with van der Waals surface area (Å²) in [5.74, 6) is -0.107. The largest absolute Gasteiger partial charge is 0.480 e. The van der Waals surface area contributed by atoms with Gasteiger partial charge in [0, 0.05) is 0 Å². The third-order valence-electron chi connectivity index (χ3n) is 2.38. The minimum Gasteiger partial charge on any atom is -0.480 e. The van der Waals surface area contributed by atoms with E-state index < -0.39 is 12.0 Å². The number of furan rings is 1. The Bertz CT molecular complexity index is 350. The number of hydrogen-bond donors (Lipinski definition) is 2. The third kappa shape index (κ3) is 1.76. The predicted octanol–water partition coefficient (Wildman–Crippen LogP) is 1.81. The van der Waals surface area contributed by atoms with Gasteiger partial charge in [0.25, 0.3) is 0 Å². The highest BCUT2D eigenvalue weighted by molar-refractivity contribution is 6.28. The van der Waals surface area contributed by atoms with Crippen LogP contribution < -0.4 is 5.32 Å². The molecule has 4 nitrogen and oxygen atoms in total. The fourth-order valence-corrected chi connectivity index (χ4v) is 1.83. The van der Waals surface area contributed by atoms with E-state index in [4.69, 9.17) is 21.1 Å². The van der Waals surface area contributed by atoms with Crippen molar-refractivity contribution < 1.29 is 14.3 Å². The Morgan fingerprint density at radius 1 is 1.57 bits per heavy atom. The molecule has 5 heteroatoms. The summed E-state index contributed by atoms with van der Waals surface area (Å²) in [6, 6.07) is 2.93. The standard InChI is InChI=1S/C9H10ClNO3/c10-8-4-3-7(14-8)5-1-2-6(11-5)9(12)13/h3-6,11H,1-2H2,(H,12,13). The van der Waals surface area contributed by atoms with Gasteiger partial charge in [-0.25, -0.2) is 0 Å². The quantitative estimate of drug-likeness (QED) is 0.790. The van der Waals surface area contributed by atoms with Crippen molar-refractivity contribution in [1.82, 2.24) is 5.32 Å². The topological polar surface area (TPSA) is 62.5 Å². The van der Waals surface area contributed by atoms with Crippen LogP contribution in [0.2, 0.25) is 5.22 Å². The van der Waals surface area contributed by atoms with Gasteiger partial charge in [-0.15, -0.1) is 0 Å². The van der Waals surface area contributed by atoms with Crippen LogP contribution in [0.3, 0.4) is 0 Å². The highest BCUT2D eigenvalue weighted by Crippen LogP contribution is 2.29. The van der Waals surface area contributed by atoms with Crippen LogP contribution in [-0.2, 0) is 4.79 Å². The zero-order chi connectivity index (χ0) is 10.1. The monoisotopic (exact) mass is 215 g/mol. The van der Waals surface area contributed by atoms with Gasteiger partial charge in [0.2, 0.25) is 0 Å². The number of carboxylic acids is 1. The summed E-state index contributed by atoms with van der Waals surface area (Å²) in [7, 11) is 0. The lowest BCUT2D eigenvalue weighted by atomic mass is 10.1. The van der Waals surface area contributed by atoms with Crippen LogP contribution >= 0.6 is 11.6 Å². The first-order chi connectivity index (χ1) is 6.66. The Hall–Kier alpha value is -1.00. The molecular weight excluding hydrogens is 206 g/mol. The molecule has 2 heterocycles. The van der Waals surface area contributed by atoms with Crippen molar-refractivity contribution in [2.45, 2.75) is 24.9 Å². The van der Waals surface area contributed by atoms with Crippen LogP contribution in [-0.4, -0.2) is 17.1 Å². The van der Waals surface area contributed by atoms with E-state index in [-0.39, 0.29) is 6.04 Å². The number of rotatable bonds is 2. The number of aliphatic carboxylic acids is 1. The first-order valence-electron chi connectivity index (χ1n) is 4.41. The van der Waals surface area contributed by atoms with Gasteiger partial charge in [0.1, 0.15) is 11.8 Å². The molecule has 0 amide bonds. The highest BCUT2D eigenvalue weighted by Gasteiger charge is 2.31. The lowest BCUT2D eigenvalue weighted by Gasteiger charge is -2.08. The molecule has 1 aromatic heterocycles. The molecule has 0 aliphatic carbocycles. The molecule has 0 radical (unpaired) electrons. The molecule has 0 aromatic carbocycles. The Balaban J connectivity index is 2.05. The minimum absolute atomic E-state index is 0.0244. The number of nitrogens with one attached hydrogen (secondary N) is 1. The summed E-state index contributed by atoms with van der Waals surface area (Å²) in [5.41, 5.74) is 0. The van der Waals surface area contributed by atoms with E-state index in [0.29, 0.717) is 17.4 Å². The molecule has 2 N–H and O–H groups in total. The first-order valence-corrected chi connectivity index (χ1v) is 4.78. The van der Waals surface area contributed by atoms with E-state index in [2.05, 4.69) is 5.32 Å². The zero-order valence-corrected chi connectivity index (χ0v) is 8.12. The summed E-state index contributed by atoms with van der Waals surface area (Å²) in [5, 5.41) is 12.1. The van der Waals surface area contributed by atoms with E-state index in [0.717, 1.165) is 6.42 Å². The molecule has 1 aromatic rings. The maximum atomic E-state index is 10.7. The lowest BCUT2D eigenvalue weighted by Crippen LogP contribution is -2.31. The second-order valence-corrected chi connectivity index (χ2v) is 3.70. The van der Waals surface area contributed by atoms with Crippen LogP contribution in [0.25, 0.3) is 0 Å². The average molecular weight is 216 g/mol. The van der Waals surface area contributed by atoms with Crippen LogP contribution in [0.4, 0.5) is 0 Å². The lowest BCUT2D eigenvalue weighted by molar-refractivity contribution is -0.139. The number of carbonyl (C=O) groups is 1. The van der Waals surface area contributed by atoms with E-state index in [1.54, 1.807) is 12.1 Å². The molecule has 76 valence electrons. The van der Waals surface area contributed by atoms with Crippen molar-refractivity contribution in [2.75, 3.05) is 0 Å². The van der Waals surface area contributed by atoms with Crippen molar-refractivity contribution >= 4 is 17.6 Å².